The van der Waals surface area contributed by atoms with E-state index >= 15 is 0 Å². The van der Waals surface area contributed by atoms with Gasteiger partial charge in [0.05, 0.1) is 0 Å². The molecule has 2 heteroatoms. The van der Waals surface area contributed by atoms with Crippen LogP contribution < -0.4 is 5.73 Å². The van der Waals surface area contributed by atoms with Crippen LogP contribution >= 0.6 is 0 Å². The smallest absolute Gasteiger partial charge is 0.125 e. The molecule has 0 aliphatic rings. The molecule has 0 saturated heterocycles. The van der Waals surface area contributed by atoms with Gasteiger partial charge < -0.3 is 10.5 Å². The highest BCUT2D eigenvalue weighted by atomic mass is 16.1. The molecule has 0 aliphatic carbocycles. The minimum absolute atomic E-state index is 0.116. The molecule has 1 atom stereocenters. The van der Waals surface area contributed by atoms with Crippen LogP contribution in [0.1, 0.15) is 27.2 Å². The second kappa shape index (κ2) is 2.97. The number of carbonyl (C=O) groups excluding carboxylic acids is 1. The van der Waals surface area contributed by atoms with E-state index in [0.717, 1.165) is 12.7 Å². The number of carbonyl (C=O) groups is 1. The lowest BCUT2D eigenvalue weighted by Crippen LogP contribution is -2.25. The summed E-state index contributed by atoms with van der Waals surface area (Å²) in [7, 11) is 0. The van der Waals surface area contributed by atoms with Crippen molar-refractivity contribution in [1.82, 2.24) is 0 Å². The molecule has 0 saturated carbocycles. The third kappa shape index (κ3) is 4.15. The first-order chi connectivity index (χ1) is 3.98. The van der Waals surface area contributed by atoms with Crippen molar-refractivity contribution < 1.29 is 4.79 Å². The molecule has 54 valence electrons. The van der Waals surface area contributed by atoms with Crippen LogP contribution in [0.5, 0.6) is 0 Å². The minimum Gasteiger partial charge on any atom is -0.328 e. The molecule has 0 spiro atoms. The molecular weight excluding hydrogens is 114 g/mol. The molecule has 0 rings (SSSR count). The van der Waals surface area contributed by atoms with Crippen LogP contribution in [0.25, 0.3) is 0 Å². The van der Waals surface area contributed by atoms with E-state index in [1.165, 1.54) is 0 Å². The Hall–Kier alpha value is -0.370. The lowest BCUT2D eigenvalue weighted by Gasteiger charge is -2.18. The van der Waals surface area contributed by atoms with Gasteiger partial charge in [0.25, 0.3) is 0 Å². The predicted octanol–water partition coefficient (Wildman–Crippen LogP) is 0.949. The van der Waals surface area contributed by atoms with Crippen LogP contribution in [-0.2, 0) is 4.79 Å². The van der Waals surface area contributed by atoms with Gasteiger partial charge in [-0.1, -0.05) is 13.8 Å². The van der Waals surface area contributed by atoms with Gasteiger partial charge in [-0.05, 0) is 13.3 Å². The predicted molar refractivity (Wildman–Crippen MR) is 38.1 cm³/mol. The highest BCUT2D eigenvalue weighted by molar-refractivity contribution is 5.57. The maximum atomic E-state index is 10.3. The topological polar surface area (TPSA) is 43.1 Å². The van der Waals surface area contributed by atoms with Crippen LogP contribution in [0.3, 0.4) is 0 Å². The normalized spacial score (nSPS) is 15.1. The Morgan fingerprint density at radius 1 is 1.67 bits per heavy atom. The molecule has 1 unspecified atom stereocenters. The first-order valence-electron chi connectivity index (χ1n) is 3.20. The van der Waals surface area contributed by atoms with Gasteiger partial charge in [0.15, 0.2) is 0 Å². The van der Waals surface area contributed by atoms with Crippen molar-refractivity contribution in [2.45, 2.75) is 33.2 Å². The average Bonchev–Trinajstić information content (AvgIpc) is 1.63. The lowest BCUT2D eigenvalue weighted by atomic mass is 9.88. The zero-order valence-electron chi connectivity index (χ0n) is 6.35. The summed E-state index contributed by atoms with van der Waals surface area (Å²) in [5.41, 5.74) is 5.25. The van der Waals surface area contributed by atoms with Crippen molar-refractivity contribution in [2.24, 2.45) is 11.1 Å². The highest BCUT2D eigenvalue weighted by Gasteiger charge is 2.17. The SMILES string of the molecule is CC(N)CC(C)(C)C=O. The van der Waals surface area contributed by atoms with Gasteiger partial charge in [0.2, 0.25) is 0 Å². The number of hydrogen-bond donors (Lipinski definition) is 1. The molecule has 0 radical (unpaired) electrons. The summed E-state index contributed by atoms with van der Waals surface area (Å²) < 4.78 is 0. The highest BCUT2D eigenvalue weighted by Crippen LogP contribution is 2.17. The summed E-state index contributed by atoms with van der Waals surface area (Å²) in [4.78, 5) is 10.3. The van der Waals surface area contributed by atoms with Gasteiger partial charge >= 0.3 is 0 Å². The summed E-state index contributed by atoms with van der Waals surface area (Å²) in [6, 6.07) is 0.116. The third-order valence-corrected chi connectivity index (χ3v) is 1.17. The van der Waals surface area contributed by atoms with E-state index in [1.807, 2.05) is 20.8 Å². The maximum Gasteiger partial charge on any atom is 0.125 e. The van der Waals surface area contributed by atoms with Gasteiger partial charge in [-0.15, -0.1) is 0 Å². The van der Waals surface area contributed by atoms with Crippen molar-refractivity contribution >= 4 is 6.29 Å². The average molecular weight is 129 g/mol. The van der Waals surface area contributed by atoms with Gasteiger partial charge in [0, 0.05) is 11.5 Å². The zero-order valence-corrected chi connectivity index (χ0v) is 6.35. The van der Waals surface area contributed by atoms with Gasteiger partial charge in [0.1, 0.15) is 6.29 Å². The van der Waals surface area contributed by atoms with E-state index in [2.05, 4.69) is 0 Å². The van der Waals surface area contributed by atoms with Crippen molar-refractivity contribution in [3.63, 3.8) is 0 Å². The van der Waals surface area contributed by atoms with E-state index in [9.17, 15) is 4.79 Å². The number of hydrogen-bond acceptors (Lipinski definition) is 2. The summed E-state index contributed by atoms with van der Waals surface area (Å²) in [5.74, 6) is 0. The Morgan fingerprint density at radius 3 is 2.22 bits per heavy atom. The zero-order chi connectivity index (χ0) is 7.49. The van der Waals surface area contributed by atoms with E-state index in [0.29, 0.717) is 0 Å². The van der Waals surface area contributed by atoms with E-state index in [-0.39, 0.29) is 11.5 Å². The largest absolute Gasteiger partial charge is 0.328 e. The van der Waals surface area contributed by atoms with Crippen molar-refractivity contribution in [3.8, 4) is 0 Å². The molecule has 0 fully saturated rings. The number of nitrogens with two attached hydrogens (primary N) is 1. The molecular formula is C7H15NO. The quantitative estimate of drug-likeness (QED) is 0.576. The molecule has 0 aliphatic heterocycles. The van der Waals surface area contributed by atoms with Crippen molar-refractivity contribution in [1.29, 1.82) is 0 Å². The van der Waals surface area contributed by atoms with Gasteiger partial charge in [-0.3, -0.25) is 0 Å². The van der Waals surface area contributed by atoms with Crippen molar-refractivity contribution in [2.75, 3.05) is 0 Å². The van der Waals surface area contributed by atoms with Crippen LogP contribution in [0, 0.1) is 5.41 Å². The van der Waals surface area contributed by atoms with Crippen LogP contribution in [0.4, 0.5) is 0 Å². The Labute approximate surface area is 56.4 Å². The molecule has 9 heavy (non-hydrogen) atoms. The van der Waals surface area contributed by atoms with Crippen LogP contribution in [0.15, 0.2) is 0 Å². The van der Waals surface area contributed by atoms with Crippen molar-refractivity contribution in [3.05, 3.63) is 0 Å². The van der Waals surface area contributed by atoms with Gasteiger partial charge in [-0.25, -0.2) is 0 Å². The number of aldehydes is 1. The Morgan fingerprint density at radius 2 is 2.11 bits per heavy atom. The monoisotopic (exact) mass is 129 g/mol. The second-order valence-electron chi connectivity index (χ2n) is 3.29. The lowest BCUT2D eigenvalue weighted by molar-refractivity contribution is -0.115. The summed E-state index contributed by atoms with van der Waals surface area (Å²) >= 11 is 0. The molecule has 0 aromatic carbocycles. The standard InChI is InChI=1S/C7H15NO/c1-6(8)4-7(2,3)5-9/h5-6H,4,8H2,1-3H3. The molecule has 0 amide bonds. The van der Waals surface area contributed by atoms with E-state index in [4.69, 9.17) is 5.73 Å². The summed E-state index contributed by atoms with van der Waals surface area (Å²) in [5, 5.41) is 0. The Balaban J connectivity index is 3.71. The molecule has 0 aromatic rings. The molecule has 0 heterocycles. The Kier molecular flexibility index (Phi) is 2.85. The first kappa shape index (κ1) is 8.63. The fourth-order valence-corrected chi connectivity index (χ4v) is 0.878. The second-order valence-corrected chi connectivity index (χ2v) is 3.29. The fourth-order valence-electron chi connectivity index (χ4n) is 0.878. The molecule has 0 aromatic heterocycles. The van der Waals surface area contributed by atoms with E-state index in [1.54, 1.807) is 0 Å². The van der Waals surface area contributed by atoms with Crippen LogP contribution in [0.2, 0.25) is 0 Å². The first-order valence-corrected chi connectivity index (χ1v) is 3.20. The Bertz CT molecular complexity index is 97.1. The minimum atomic E-state index is -0.242. The fraction of sp³-hybridized carbons (Fsp3) is 0.857. The maximum absolute atomic E-state index is 10.3. The van der Waals surface area contributed by atoms with Gasteiger partial charge in [-0.2, -0.15) is 0 Å². The molecule has 2 nitrogen and oxygen atoms in total. The summed E-state index contributed by atoms with van der Waals surface area (Å²) in [6.07, 6.45) is 1.72. The van der Waals surface area contributed by atoms with Crippen LogP contribution in [-0.4, -0.2) is 12.3 Å². The summed E-state index contributed by atoms with van der Waals surface area (Å²) in [6.45, 7) is 5.69. The van der Waals surface area contributed by atoms with E-state index < -0.39 is 0 Å². The third-order valence-electron chi connectivity index (χ3n) is 1.17. The molecule has 0 bridgehead atoms. The molecule has 2 N–H and O–H groups in total. The number of rotatable bonds is 3.